The highest BCUT2D eigenvalue weighted by Crippen LogP contribution is 2.33. The maximum absolute atomic E-state index is 12.5. The molecule has 0 aromatic heterocycles. The minimum Gasteiger partial charge on any atom is -0.493 e. The fourth-order valence-corrected chi connectivity index (χ4v) is 2.86. The van der Waals surface area contributed by atoms with Crippen LogP contribution >= 0.6 is 0 Å². The number of ether oxygens (including phenoxy) is 2. The summed E-state index contributed by atoms with van der Waals surface area (Å²) in [6, 6.07) is 13.7. The van der Waals surface area contributed by atoms with Crippen molar-refractivity contribution in [2.24, 2.45) is 0 Å². The lowest BCUT2D eigenvalue weighted by Crippen LogP contribution is -2.28. The van der Waals surface area contributed by atoms with Crippen LogP contribution < -0.4 is 19.7 Å². The summed E-state index contributed by atoms with van der Waals surface area (Å²) < 4.78 is 10.8. The van der Waals surface area contributed by atoms with E-state index in [9.17, 15) is 4.79 Å². The molecule has 5 heteroatoms. The second kappa shape index (κ2) is 10.3. The summed E-state index contributed by atoms with van der Waals surface area (Å²) >= 11 is 0. The van der Waals surface area contributed by atoms with E-state index in [1.165, 1.54) is 5.69 Å². The molecule has 1 N–H and O–H groups in total. The molecule has 2 aromatic rings. The summed E-state index contributed by atoms with van der Waals surface area (Å²) in [5, 5.41) is 2.98. The Bertz CT molecular complexity index is 773. The van der Waals surface area contributed by atoms with Crippen LogP contribution in [0, 0.1) is 0 Å². The van der Waals surface area contributed by atoms with E-state index in [0.717, 1.165) is 18.5 Å². The van der Waals surface area contributed by atoms with Crippen LogP contribution in [0.3, 0.4) is 0 Å². The lowest BCUT2D eigenvalue weighted by molar-refractivity contribution is 0.0953. The fraction of sp³-hybridized carbons (Fsp3) is 0.318. The number of amides is 1. The van der Waals surface area contributed by atoms with Crippen molar-refractivity contribution in [1.29, 1.82) is 0 Å². The van der Waals surface area contributed by atoms with Crippen molar-refractivity contribution in [1.82, 2.24) is 5.32 Å². The maximum Gasteiger partial charge on any atom is 0.251 e. The molecule has 0 saturated carbocycles. The van der Waals surface area contributed by atoms with Gasteiger partial charge in [0.25, 0.3) is 5.91 Å². The number of nitrogens with zero attached hydrogens (tertiary/aromatic N) is 1. The van der Waals surface area contributed by atoms with Crippen LogP contribution in [0.5, 0.6) is 11.5 Å². The van der Waals surface area contributed by atoms with Crippen molar-refractivity contribution in [3.63, 3.8) is 0 Å². The first-order valence-electron chi connectivity index (χ1n) is 9.03. The van der Waals surface area contributed by atoms with Gasteiger partial charge in [0, 0.05) is 37.0 Å². The van der Waals surface area contributed by atoms with Crippen molar-refractivity contribution >= 4 is 17.7 Å². The average Bonchev–Trinajstić information content (AvgIpc) is 2.71. The molecule has 0 heterocycles. The number of benzene rings is 2. The number of methoxy groups -OCH3 is 2. The van der Waals surface area contributed by atoms with E-state index in [4.69, 9.17) is 9.47 Å². The van der Waals surface area contributed by atoms with Gasteiger partial charge in [-0.3, -0.25) is 4.79 Å². The van der Waals surface area contributed by atoms with E-state index in [0.29, 0.717) is 23.6 Å². The minimum atomic E-state index is -0.121. The van der Waals surface area contributed by atoms with Gasteiger partial charge in [0.1, 0.15) is 0 Å². The second-order valence-electron chi connectivity index (χ2n) is 6.17. The molecule has 0 bridgehead atoms. The van der Waals surface area contributed by atoms with Gasteiger partial charge in [-0.05, 0) is 37.6 Å². The monoisotopic (exact) mass is 368 g/mol. The highest BCUT2D eigenvalue weighted by Gasteiger charge is 2.14. The Labute approximate surface area is 161 Å². The first kappa shape index (κ1) is 20.4. The number of allylic oxidation sites excluding steroid dienone is 1. The SMILES string of the molecule is C/C=C/c1cc(C(=O)NCCCN(C)c2ccccc2)cc(OC)c1OC. The van der Waals surface area contributed by atoms with Crippen molar-refractivity contribution in [2.45, 2.75) is 13.3 Å². The lowest BCUT2D eigenvalue weighted by Gasteiger charge is -2.19. The third-order valence-corrected chi connectivity index (χ3v) is 4.27. The van der Waals surface area contributed by atoms with Crippen LogP contribution in [0.15, 0.2) is 48.5 Å². The number of carbonyl (C=O) groups excluding carboxylic acids is 1. The Morgan fingerprint density at radius 2 is 1.89 bits per heavy atom. The molecule has 144 valence electrons. The summed E-state index contributed by atoms with van der Waals surface area (Å²) in [7, 11) is 5.21. The quantitative estimate of drug-likeness (QED) is 0.680. The van der Waals surface area contributed by atoms with E-state index in [1.54, 1.807) is 20.3 Å². The Morgan fingerprint density at radius 1 is 1.15 bits per heavy atom. The molecule has 0 aliphatic rings. The number of rotatable bonds is 9. The predicted octanol–water partition coefficient (Wildman–Crippen LogP) is 3.99. The van der Waals surface area contributed by atoms with Gasteiger partial charge in [-0.15, -0.1) is 0 Å². The molecule has 0 saturated heterocycles. The van der Waals surface area contributed by atoms with Gasteiger partial charge in [-0.2, -0.15) is 0 Å². The molecular formula is C22H28N2O3. The summed E-state index contributed by atoms with van der Waals surface area (Å²) in [6.07, 6.45) is 4.65. The number of anilines is 1. The van der Waals surface area contributed by atoms with E-state index in [2.05, 4.69) is 29.4 Å². The van der Waals surface area contributed by atoms with Crippen LogP contribution in [0.2, 0.25) is 0 Å². The molecule has 0 aliphatic heterocycles. The van der Waals surface area contributed by atoms with Gasteiger partial charge < -0.3 is 19.7 Å². The van der Waals surface area contributed by atoms with E-state index in [-0.39, 0.29) is 5.91 Å². The Hall–Kier alpha value is -2.95. The Balaban J connectivity index is 1.96. The Kier molecular flexibility index (Phi) is 7.74. The van der Waals surface area contributed by atoms with E-state index in [1.807, 2.05) is 43.3 Å². The van der Waals surface area contributed by atoms with Crippen molar-refractivity contribution < 1.29 is 14.3 Å². The minimum absolute atomic E-state index is 0.121. The highest BCUT2D eigenvalue weighted by molar-refractivity contribution is 5.95. The largest absolute Gasteiger partial charge is 0.493 e. The van der Waals surface area contributed by atoms with Gasteiger partial charge in [0.15, 0.2) is 11.5 Å². The van der Waals surface area contributed by atoms with Crippen LogP contribution in [-0.4, -0.2) is 40.3 Å². The van der Waals surface area contributed by atoms with Gasteiger partial charge in [0.05, 0.1) is 14.2 Å². The normalized spacial score (nSPS) is 10.7. The maximum atomic E-state index is 12.5. The molecule has 1 amide bonds. The number of para-hydroxylation sites is 1. The zero-order chi connectivity index (χ0) is 19.6. The number of hydrogen-bond acceptors (Lipinski definition) is 4. The smallest absolute Gasteiger partial charge is 0.251 e. The third-order valence-electron chi connectivity index (χ3n) is 4.27. The number of nitrogens with one attached hydrogen (secondary N) is 1. The van der Waals surface area contributed by atoms with Gasteiger partial charge >= 0.3 is 0 Å². The molecule has 2 rings (SSSR count). The standard InChI is InChI=1S/C22H28N2O3/c1-5-10-17-15-18(16-20(26-3)21(17)27-4)22(25)23-13-9-14-24(2)19-11-7-6-8-12-19/h5-8,10-12,15-16H,9,13-14H2,1-4H3,(H,23,25)/b10-5+. The van der Waals surface area contributed by atoms with Crippen molar-refractivity contribution in [2.75, 3.05) is 39.3 Å². The molecule has 0 spiro atoms. The van der Waals surface area contributed by atoms with E-state index < -0.39 is 0 Å². The van der Waals surface area contributed by atoms with E-state index >= 15 is 0 Å². The van der Waals surface area contributed by atoms with Crippen LogP contribution in [0.1, 0.15) is 29.3 Å². The molecule has 27 heavy (non-hydrogen) atoms. The molecule has 0 atom stereocenters. The third kappa shape index (κ3) is 5.51. The molecule has 0 radical (unpaired) electrons. The van der Waals surface area contributed by atoms with Crippen LogP contribution in [0.25, 0.3) is 6.08 Å². The second-order valence-corrected chi connectivity index (χ2v) is 6.17. The predicted molar refractivity (Wildman–Crippen MR) is 111 cm³/mol. The molecule has 5 nitrogen and oxygen atoms in total. The first-order valence-corrected chi connectivity index (χ1v) is 9.03. The fourth-order valence-electron chi connectivity index (χ4n) is 2.86. The topological polar surface area (TPSA) is 50.8 Å². The van der Waals surface area contributed by atoms with Crippen LogP contribution in [0.4, 0.5) is 5.69 Å². The molecule has 0 aliphatic carbocycles. The number of hydrogen-bond donors (Lipinski definition) is 1. The molecule has 0 fully saturated rings. The first-order chi connectivity index (χ1) is 13.1. The average molecular weight is 368 g/mol. The van der Waals surface area contributed by atoms with Gasteiger partial charge in [0.2, 0.25) is 0 Å². The highest BCUT2D eigenvalue weighted by atomic mass is 16.5. The summed E-state index contributed by atoms with van der Waals surface area (Å²) in [6.45, 7) is 3.38. The Morgan fingerprint density at radius 3 is 2.52 bits per heavy atom. The summed E-state index contributed by atoms with van der Waals surface area (Å²) in [5.74, 6) is 1.04. The van der Waals surface area contributed by atoms with Crippen molar-refractivity contribution in [3.05, 3.63) is 59.7 Å². The van der Waals surface area contributed by atoms with Crippen LogP contribution in [-0.2, 0) is 0 Å². The summed E-state index contributed by atoms with van der Waals surface area (Å²) in [4.78, 5) is 14.7. The zero-order valence-corrected chi connectivity index (χ0v) is 16.5. The summed E-state index contributed by atoms with van der Waals surface area (Å²) in [5.41, 5.74) is 2.53. The number of carbonyl (C=O) groups is 1. The molecular weight excluding hydrogens is 340 g/mol. The molecule has 2 aromatic carbocycles. The molecule has 0 unspecified atom stereocenters. The van der Waals surface area contributed by atoms with Gasteiger partial charge in [-0.25, -0.2) is 0 Å². The van der Waals surface area contributed by atoms with Crippen molar-refractivity contribution in [3.8, 4) is 11.5 Å². The van der Waals surface area contributed by atoms with Gasteiger partial charge in [-0.1, -0.05) is 30.4 Å². The zero-order valence-electron chi connectivity index (χ0n) is 16.5. The lowest BCUT2D eigenvalue weighted by atomic mass is 10.1.